The molecular weight excluding hydrogens is 937 g/mol. The number of aliphatic hydroxyl groups excluding tert-OH is 2. The summed E-state index contributed by atoms with van der Waals surface area (Å²) in [6.45, 7) is 17.5. The predicted molar refractivity (Wildman–Crippen MR) is 276 cm³/mol. The Kier molecular flexibility index (Phi) is 24.6. The number of hydrogen-bond acceptors (Lipinski definition) is 15. The Labute approximate surface area is 435 Å². The number of hydrogen-bond donors (Lipinski definition) is 3. The highest BCUT2D eigenvalue weighted by atomic mass is 16.6. The van der Waals surface area contributed by atoms with E-state index in [0.717, 1.165) is 64.1 Å². The SMILES string of the molecule is CO[C@H]1C(=O)[C@H](C)C[C@H](C)/C=C/C=C/C=C(\C)C(OCCO)C[C@@H]2CC[C@@H](C)[C@@](O)(O2)C(=O)C(=O)N2CCCCC2C(=O)O[C@H]([C@H](C)CC2CCC(OCCN3CCOCC3)CC2)CC(=O)[C@H](C)/C=C(\C)[C@H]1O. The largest absolute Gasteiger partial charge is 0.460 e. The number of esters is 1. The van der Waals surface area contributed by atoms with Gasteiger partial charge in [0.05, 0.1) is 51.3 Å². The third kappa shape index (κ3) is 17.5. The van der Waals surface area contributed by atoms with Crippen molar-refractivity contribution < 1.29 is 67.7 Å². The Balaban J connectivity index is 1.41. The molecule has 1 aliphatic carbocycles. The summed E-state index contributed by atoms with van der Waals surface area (Å²) in [7, 11) is 1.39. The van der Waals surface area contributed by atoms with E-state index in [2.05, 4.69) is 4.90 Å². The normalized spacial score (nSPS) is 37.8. The maximum atomic E-state index is 14.5. The first-order valence-corrected chi connectivity index (χ1v) is 27.4. The monoisotopic (exact) mass is 1030 g/mol. The third-order valence-electron chi connectivity index (χ3n) is 16.1. The van der Waals surface area contributed by atoms with Crippen LogP contribution < -0.4 is 0 Å². The molecule has 1 saturated carbocycles. The molecule has 3 saturated heterocycles. The summed E-state index contributed by atoms with van der Waals surface area (Å²) in [5.74, 6) is -7.73. The fourth-order valence-corrected chi connectivity index (χ4v) is 11.3. The first kappa shape index (κ1) is 60.4. The minimum atomic E-state index is -2.47. The number of methoxy groups -OCH3 is 1. The highest BCUT2D eigenvalue weighted by molar-refractivity contribution is 6.39. The van der Waals surface area contributed by atoms with Gasteiger partial charge in [0.15, 0.2) is 5.78 Å². The lowest BCUT2D eigenvalue weighted by molar-refractivity contribution is -0.266. The maximum absolute atomic E-state index is 14.5. The molecule has 5 rings (SSSR count). The number of morpholine rings is 1. The number of ketones is 3. The summed E-state index contributed by atoms with van der Waals surface area (Å²) in [4.78, 5) is 74.9. The fourth-order valence-electron chi connectivity index (χ4n) is 11.3. The molecule has 5 aliphatic rings. The summed E-state index contributed by atoms with van der Waals surface area (Å²) >= 11 is 0. The van der Waals surface area contributed by atoms with Gasteiger partial charge in [-0.25, -0.2) is 4.79 Å². The summed E-state index contributed by atoms with van der Waals surface area (Å²) in [5.41, 5.74) is 1.21. The van der Waals surface area contributed by atoms with Gasteiger partial charge in [0.1, 0.15) is 30.1 Å². The van der Waals surface area contributed by atoms with Crippen molar-refractivity contribution in [3.8, 4) is 0 Å². The molecule has 0 aromatic heterocycles. The predicted octanol–water partition coefficient (Wildman–Crippen LogP) is 6.27. The first-order valence-electron chi connectivity index (χ1n) is 27.4. The Bertz CT molecular complexity index is 1920. The van der Waals surface area contributed by atoms with E-state index in [1.165, 1.54) is 12.0 Å². The average molecular weight is 1030 g/mol. The van der Waals surface area contributed by atoms with Crippen molar-refractivity contribution in [1.82, 2.24) is 9.80 Å². The molecule has 3 N–H and O–H groups in total. The molecule has 16 heteroatoms. The molecule has 12 atom stereocenters. The van der Waals surface area contributed by atoms with E-state index in [1.54, 1.807) is 26.8 Å². The van der Waals surface area contributed by atoms with Crippen LogP contribution in [0.4, 0.5) is 0 Å². The molecule has 0 radical (unpaired) electrons. The van der Waals surface area contributed by atoms with Gasteiger partial charge in [0.2, 0.25) is 5.79 Å². The zero-order chi connectivity index (χ0) is 53.2. The molecule has 2 bridgehead atoms. The second kappa shape index (κ2) is 29.7. The highest BCUT2D eigenvalue weighted by Crippen LogP contribution is 2.38. The van der Waals surface area contributed by atoms with Crippen LogP contribution in [0.5, 0.6) is 0 Å². The van der Waals surface area contributed by atoms with Crippen LogP contribution in [-0.2, 0) is 52.4 Å². The van der Waals surface area contributed by atoms with Crippen molar-refractivity contribution in [2.45, 2.75) is 180 Å². The number of carbonyl (C=O) groups excluding carboxylic acids is 5. The molecule has 0 aromatic rings. The molecule has 0 spiro atoms. The van der Waals surface area contributed by atoms with E-state index in [0.29, 0.717) is 56.6 Å². The van der Waals surface area contributed by atoms with Gasteiger partial charge in [-0.3, -0.25) is 24.1 Å². The van der Waals surface area contributed by atoms with Crippen LogP contribution in [0.25, 0.3) is 0 Å². The number of aliphatic hydroxyl groups is 3. The topological polar surface area (TPSA) is 208 Å². The number of allylic oxidation sites excluding steroid dienone is 6. The van der Waals surface area contributed by atoms with Crippen LogP contribution in [0.1, 0.15) is 132 Å². The number of carbonyl (C=O) groups is 5. The molecule has 412 valence electrons. The summed E-state index contributed by atoms with van der Waals surface area (Å²) in [6, 6.07) is -1.13. The average Bonchev–Trinajstić information content (AvgIpc) is 3.38. The van der Waals surface area contributed by atoms with E-state index in [1.807, 2.05) is 58.1 Å². The molecule has 2 unspecified atom stereocenters. The van der Waals surface area contributed by atoms with Crippen molar-refractivity contribution in [3.63, 3.8) is 0 Å². The number of fused-ring (bicyclic) bond motifs is 3. The first-order chi connectivity index (χ1) is 34.9. The number of Topliss-reactive ketones (excluding diaryl/α,β-unsaturated/α-hetero) is 3. The zero-order valence-corrected chi connectivity index (χ0v) is 45.3. The summed E-state index contributed by atoms with van der Waals surface area (Å²) in [5, 5.41) is 33.2. The number of rotatable bonds is 11. The second-order valence-electron chi connectivity index (χ2n) is 21.9. The van der Waals surface area contributed by atoms with E-state index >= 15 is 0 Å². The van der Waals surface area contributed by atoms with E-state index in [-0.39, 0.29) is 68.5 Å². The van der Waals surface area contributed by atoms with Gasteiger partial charge in [-0.05, 0) is 113 Å². The third-order valence-corrected chi connectivity index (χ3v) is 16.1. The Morgan fingerprint density at radius 1 is 0.849 bits per heavy atom. The molecule has 1 amide bonds. The van der Waals surface area contributed by atoms with Crippen LogP contribution in [0.2, 0.25) is 0 Å². The Hall–Kier alpha value is -3.45. The summed E-state index contributed by atoms with van der Waals surface area (Å²) in [6.07, 6.45) is 13.8. The molecule has 16 nitrogen and oxygen atoms in total. The van der Waals surface area contributed by atoms with Gasteiger partial charge in [-0.2, -0.15) is 0 Å². The standard InChI is InChI=1S/C57H90N2O14/c1-37-14-10-9-11-15-38(2)49(71-31-27-60)35-46-20-17-43(7)57(67,73-46)54(64)55(65)59-23-13-12-16-47(59)56(66)72-50(36-48(61)39(3)33-42(6)52(63)53(68-8)51(62)41(5)32-37)40(4)34-44-18-21-45(22-19-44)70-30-26-58-24-28-69-29-25-58/h9-11,14-15,33,37,39-41,43-47,49-50,52-53,60,63,67H,12-13,16-32,34-36H2,1-8H3/b11-9+,14-10+,38-15+,42-33+/t37-,39-,40-,41-,43-,44?,45?,46+,47?,49?,50+,52-,53+,57-/m1/s1. The van der Waals surface area contributed by atoms with Crippen LogP contribution >= 0.6 is 0 Å². The van der Waals surface area contributed by atoms with Crippen LogP contribution in [-0.4, -0.2) is 169 Å². The van der Waals surface area contributed by atoms with Crippen LogP contribution in [0.3, 0.4) is 0 Å². The minimum Gasteiger partial charge on any atom is -0.460 e. The van der Waals surface area contributed by atoms with Gasteiger partial charge >= 0.3 is 5.97 Å². The zero-order valence-electron chi connectivity index (χ0n) is 45.3. The number of cyclic esters (lactones) is 1. The van der Waals surface area contributed by atoms with Gasteiger partial charge in [0.25, 0.3) is 11.7 Å². The molecule has 73 heavy (non-hydrogen) atoms. The lowest BCUT2D eigenvalue weighted by Gasteiger charge is -2.43. The molecular formula is C57H90N2O14. The lowest BCUT2D eigenvalue weighted by Crippen LogP contribution is -2.61. The number of piperidine rings is 1. The van der Waals surface area contributed by atoms with Crippen molar-refractivity contribution >= 4 is 29.2 Å². The van der Waals surface area contributed by atoms with Crippen molar-refractivity contribution in [2.75, 3.05) is 66.3 Å². The van der Waals surface area contributed by atoms with Gasteiger partial charge in [0, 0.05) is 63.9 Å². The number of nitrogens with zero attached hydrogens (tertiary/aromatic N) is 2. The lowest BCUT2D eigenvalue weighted by atomic mass is 9.79. The van der Waals surface area contributed by atoms with Crippen molar-refractivity contribution in [1.29, 1.82) is 0 Å². The molecule has 4 fully saturated rings. The quantitative estimate of drug-likeness (QED) is 0.118. The molecule has 4 aliphatic heterocycles. The van der Waals surface area contributed by atoms with Gasteiger partial charge in [-0.1, -0.05) is 71.1 Å². The minimum absolute atomic E-state index is 0.00144. The van der Waals surface area contributed by atoms with Crippen LogP contribution in [0.15, 0.2) is 47.6 Å². The fraction of sp³-hybridized carbons (Fsp3) is 0.772. The summed E-state index contributed by atoms with van der Waals surface area (Å²) < 4.78 is 36.0. The highest BCUT2D eigenvalue weighted by Gasteiger charge is 2.53. The molecule has 4 heterocycles. The number of amides is 1. The van der Waals surface area contributed by atoms with Crippen LogP contribution in [0, 0.1) is 35.5 Å². The van der Waals surface area contributed by atoms with Crippen molar-refractivity contribution in [3.05, 3.63) is 47.6 Å². The molecule has 0 aromatic carbocycles. The van der Waals surface area contributed by atoms with Gasteiger partial charge in [-0.15, -0.1) is 0 Å². The Morgan fingerprint density at radius 3 is 2.27 bits per heavy atom. The van der Waals surface area contributed by atoms with E-state index in [4.69, 9.17) is 28.4 Å². The maximum Gasteiger partial charge on any atom is 0.329 e. The Morgan fingerprint density at radius 2 is 1.58 bits per heavy atom. The van der Waals surface area contributed by atoms with Gasteiger partial charge < -0.3 is 48.6 Å². The smallest absolute Gasteiger partial charge is 0.329 e. The number of ether oxygens (including phenoxy) is 6. The van der Waals surface area contributed by atoms with E-state index < -0.39 is 77.8 Å². The van der Waals surface area contributed by atoms with E-state index in [9.17, 15) is 39.3 Å². The van der Waals surface area contributed by atoms with Crippen molar-refractivity contribution in [2.24, 2.45) is 35.5 Å². The second-order valence-corrected chi connectivity index (χ2v) is 21.9.